The van der Waals surface area contributed by atoms with Gasteiger partial charge in [-0.3, -0.25) is 23.4 Å². The summed E-state index contributed by atoms with van der Waals surface area (Å²) in [5.74, 6) is 5.60. The number of nitrogen functional groups attached to an aromatic ring is 1. The molecule has 2 aromatic carbocycles. The Labute approximate surface area is 245 Å². The molecule has 1 aliphatic heterocycles. The number of nitrogens with one attached hydrogen (secondary N) is 2. The summed E-state index contributed by atoms with van der Waals surface area (Å²) >= 11 is 0. The van der Waals surface area contributed by atoms with Gasteiger partial charge in [0.2, 0.25) is 5.91 Å². The molecule has 4 heterocycles. The third-order valence-electron chi connectivity index (χ3n) is 7.17. The molecule has 0 radical (unpaired) electrons. The van der Waals surface area contributed by atoms with Crippen LogP contribution in [0.3, 0.4) is 0 Å². The number of carbonyl (C=O) groups is 2. The van der Waals surface area contributed by atoms with Crippen molar-refractivity contribution in [3.05, 3.63) is 94.6 Å². The zero-order chi connectivity index (χ0) is 29.9. The summed E-state index contributed by atoms with van der Waals surface area (Å²) in [5.41, 5.74) is 7.65. The van der Waals surface area contributed by atoms with Crippen LogP contribution in [0.4, 0.5) is 5.82 Å². The Morgan fingerprint density at radius 3 is 2.79 bits per heavy atom. The summed E-state index contributed by atoms with van der Waals surface area (Å²) in [7, 11) is 0. The number of fused-ring (bicyclic) bond motifs is 2. The predicted molar refractivity (Wildman–Crippen MR) is 159 cm³/mol. The number of hydrogen-bond donors (Lipinski definition) is 3. The zero-order valence-corrected chi connectivity index (χ0v) is 23.3. The first kappa shape index (κ1) is 27.6. The Morgan fingerprint density at radius 2 is 2.00 bits per heavy atom. The smallest absolute Gasteiger partial charge is 0.267 e. The number of nitrogens with zero attached hydrogens (tertiary/aromatic N) is 5. The van der Waals surface area contributed by atoms with E-state index < -0.39 is 18.1 Å². The van der Waals surface area contributed by atoms with Crippen LogP contribution in [0, 0.1) is 11.8 Å². The maximum Gasteiger partial charge on any atom is 0.267 e. The standard InChI is InChI=1S/C31H28N8O4/c1-19(36-30(41)25-26(32)35-18-38-16-15-33-28(25)38)27-37-22-12-5-8-20(9-6-14-34-29(40)23-13-7-17-43-23)24(22)31(42)39(27)21-10-3-2-4-11-21/h2-5,8,10-12,15-16,18-19,23H,7,13-14,17,32H2,1H3,(H,34,40)(H,36,41)/t19-,23+/m0/s1. The maximum atomic E-state index is 14.2. The van der Waals surface area contributed by atoms with Gasteiger partial charge in [-0.05, 0) is 44.0 Å². The van der Waals surface area contributed by atoms with Crippen LogP contribution in [0.25, 0.3) is 22.2 Å². The topological polar surface area (TPSA) is 159 Å². The van der Waals surface area contributed by atoms with Gasteiger partial charge in [0.1, 0.15) is 29.6 Å². The van der Waals surface area contributed by atoms with E-state index in [1.807, 2.05) is 18.2 Å². The molecule has 0 aliphatic carbocycles. The fraction of sp³-hybridized carbons (Fsp3) is 0.226. The lowest BCUT2D eigenvalue weighted by atomic mass is 10.1. The molecule has 12 nitrogen and oxygen atoms in total. The number of amides is 2. The molecule has 1 fully saturated rings. The van der Waals surface area contributed by atoms with Crippen molar-refractivity contribution in [2.45, 2.75) is 31.9 Å². The molecule has 3 aromatic heterocycles. The van der Waals surface area contributed by atoms with Gasteiger partial charge in [-0.25, -0.2) is 15.0 Å². The van der Waals surface area contributed by atoms with Crippen molar-refractivity contribution in [1.29, 1.82) is 0 Å². The molecule has 2 amide bonds. The van der Waals surface area contributed by atoms with Crippen LogP contribution in [0.5, 0.6) is 0 Å². The van der Waals surface area contributed by atoms with Crippen LogP contribution < -0.4 is 21.9 Å². The largest absolute Gasteiger partial charge is 0.383 e. The maximum absolute atomic E-state index is 14.2. The molecule has 0 bridgehead atoms. The number of carbonyl (C=O) groups excluding carboxylic acids is 2. The number of imidazole rings is 1. The SMILES string of the molecule is C[C@H](NC(=O)c1c(N)ncn2ccnc12)c1nc2cccc(C#CCNC(=O)[C@H]3CCCO3)c2c(=O)n1-c1ccccc1. The molecule has 5 aromatic rings. The van der Waals surface area contributed by atoms with E-state index in [2.05, 4.69) is 32.4 Å². The van der Waals surface area contributed by atoms with Crippen LogP contribution in [0.15, 0.2) is 72.0 Å². The van der Waals surface area contributed by atoms with E-state index in [9.17, 15) is 14.4 Å². The Kier molecular flexibility index (Phi) is 7.55. The molecular weight excluding hydrogens is 548 g/mol. The number of para-hydroxylation sites is 1. The number of aromatic nitrogens is 5. The number of anilines is 1. The van der Waals surface area contributed by atoms with E-state index in [0.717, 1.165) is 6.42 Å². The lowest BCUT2D eigenvalue weighted by Crippen LogP contribution is -2.34. The van der Waals surface area contributed by atoms with E-state index >= 15 is 0 Å². The summed E-state index contributed by atoms with van der Waals surface area (Å²) in [6.45, 7) is 2.43. The first-order valence-corrected chi connectivity index (χ1v) is 13.8. The van der Waals surface area contributed by atoms with Gasteiger partial charge in [-0.1, -0.05) is 36.1 Å². The molecule has 216 valence electrons. The molecule has 1 aliphatic rings. The van der Waals surface area contributed by atoms with Gasteiger partial charge >= 0.3 is 0 Å². The minimum atomic E-state index is -0.720. The minimum absolute atomic E-state index is 0.0329. The van der Waals surface area contributed by atoms with Gasteiger partial charge in [0.05, 0.1) is 29.2 Å². The number of ether oxygens (including phenoxy) is 1. The summed E-state index contributed by atoms with van der Waals surface area (Å²) in [6.07, 6.45) is 5.80. The van der Waals surface area contributed by atoms with Crippen LogP contribution in [0.1, 0.15) is 47.6 Å². The predicted octanol–water partition coefficient (Wildman–Crippen LogP) is 2.15. The van der Waals surface area contributed by atoms with Gasteiger partial charge in [0.15, 0.2) is 5.65 Å². The summed E-state index contributed by atoms with van der Waals surface area (Å²) in [4.78, 5) is 53.0. The second kappa shape index (κ2) is 11.8. The van der Waals surface area contributed by atoms with Crippen LogP contribution in [-0.2, 0) is 9.53 Å². The highest BCUT2D eigenvalue weighted by molar-refractivity contribution is 6.04. The van der Waals surface area contributed by atoms with E-state index in [0.29, 0.717) is 46.7 Å². The van der Waals surface area contributed by atoms with Crippen molar-refractivity contribution in [2.24, 2.45) is 0 Å². The molecule has 12 heteroatoms. The van der Waals surface area contributed by atoms with Crippen molar-refractivity contribution < 1.29 is 14.3 Å². The monoisotopic (exact) mass is 576 g/mol. The highest BCUT2D eigenvalue weighted by Gasteiger charge is 2.25. The number of nitrogens with two attached hydrogens (primary N) is 1. The average molecular weight is 577 g/mol. The fourth-order valence-corrected chi connectivity index (χ4v) is 5.09. The molecule has 2 atom stereocenters. The quantitative estimate of drug-likeness (QED) is 0.260. The van der Waals surface area contributed by atoms with E-state index in [-0.39, 0.29) is 29.4 Å². The summed E-state index contributed by atoms with van der Waals surface area (Å²) in [6, 6.07) is 13.5. The molecule has 4 N–H and O–H groups in total. The molecule has 6 rings (SSSR count). The molecule has 0 unspecified atom stereocenters. The molecule has 0 spiro atoms. The second-order valence-electron chi connectivity index (χ2n) is 10.0. The lowest BCUT2D eigenvalue weighted by molar-refractivity contribution is -0.129. The average Bonchev–Trinajstić information content (AvgIpc) is 3.72. The molecule has 0 saturated carbocycles. The first-order chi connectivity index (χ1) is 20.9. The minimum Gasteiger partial charge on any atom is -0.383 e. The third kappa shape index (κ3) is 5.41. The van der Waals surface area contributed by atoms with Crippen LogP contribution in [0.2, 0.25) is 0 Å². The third-order valence-corrected chi connectivity index (χ3v) is 7.17. The van der Waals surface area contributed by atoms with Crippen LogP contribution >= 0.6 is 0 Å². The van der Waals surface area contributed by atoms with Gasteiger partial charge in [-0.2, -0.15) is 0 Å². The Hall–Kier alpha value is -5.54. The zero-order valence-electron chi connectivity index (χ0n) is 23.3. The van der Waals surface area contributed by atoms with Gasteiger partial charge in [0, 0.05) is 24.6 Å². The number of benzene rings is 2. The number of hydrogen-bond acceptors (Lipinski definition) is 8. The molecular formula is C31H28N8O4. The molecule has 43 heavy (non-hydrogen) atoms. The number of rotatable bonds is 6. The van der Waals surface area contributed by atoms with Gasteiger partial charge < -0.3 is 21.1 Å². The van der Waals surface area contributed by atoms with Gasteiger partial charge in [-0.15, -0.1) is 0 Å². The lowest BCUT2D eigenvalue weighted by Gasteiger charge is -2.20. The second-order valence-corrected chi connectivity index (χ2v) is 10.0. The van der Waals surface area contributed by atoms with Crippen LogP contribution in [-0.4, -0.2) is 55.0 Å². The Bertz CT molecular complexity index is 1970. The van der Waals surface area contributed by atoms with E-state index in [1.54, 1.807) is 54.0 Å². The highest BCUT2D eigenvalue weighted by atomic mass is 16.5. The normalized spacial score (nSPS) is 15.1. The van der Waals surface area contributed by atoms with Gasteiger partial charge in [0.25, 0.3) is 11.5 Å². The van der Waals surface area contributed by atoms with E-state index in [4.69, 9.17) is 15.5 Å². The highest BCUT2D eigenvalue weighted by Crippen LogP contribution is 2.22. The van der Waals surface area contributed by atoms with E-state index in [1.165, 1.54) is 10.9 Å². The Morgan fingerprint density at radius 1 is 1.16 bits per heavy atom. The van der Waals surface area contributed by atoms with Crippen molar-refractivity contribution >= 4 is 34.2 Å². The van der Waals surface area contributed by atoms with Crippen molar-refractivity contribution in [2.75, 3.05) is 18.9 Å². The Balaban J connectivity index is 1.37. The molecule has 1 saturated heterocycles. The van der Waals surface area contributed by atoms with Crippen molar-refractivity contribution in [3.8, 4) is 17.5 Å². The van der Waals surface area contributed by atoms with Crippen molar-refractivity contribution in [3.63, 3.8) is 0 Å². The first-order valence-electron chi connectivity index (χ1n) is 13.8. The fourth-order valence-electron chi connectivity index (χ4n) is 5.09. The summed E-state index contributed by atoms with van der Waals surface area (Å²) in [5, 5.41) is 6.00. The van der Waals surface area contributed by atoms with Crippen molar-refractivity contribution in [1.82, 2.24) is 34.6 Å². The summed E-state index contributed by atoms with van der Waals surface area (Å²) < 4.78 is 8.47.